The van der Waals surface area contributed by atoms with E-state index in [-0.39, 0.29) is 18.9 Å². The summed E-state index contributed by atoms with van der Waals surface area (Å²) in [6, 6.07) is 0. The molecular formula is C7H9ClN2O3S. The van der Waals surface area contributed by atoms with Gasteiger partial charge in [-0.2, -0.15) is 0 Å². The van der Waals surface area contributed by atoms with Crippen molar-refractivity contribution in [3.63, 3.8) is 0 Å². The van der Waals surface area contributed by atoms with Crippen molar-refractivity contribution in [2.45, 2.75) is 6.92 Å². The number of aryl methyl sites for hydroxylation is 1. The lowest BCUT2D eigenvalue weighted by Gasteiger charge is -2.01. The maximum absolute atomic E-state index is 11.3. The van der Waals surface area contributed by atoms with E-state index in [1.807, 2.05) is 0 Å². The van der Waals surface area contributed by atoms with Crippen molar-refractivity contribution in [1.82, 2.24) is 10.5 Å². The number of hydrogen-bond donors (Lipinski definition) is 2. The molecule has 1 heterocycles. The Bertz CT molecular complexity index is 329. The Labute approximate surface area is 89.6 Å². The number of rotatable bonds is 4. The molecule has 0 saturated heterocycles. The van der Waals surface area contributed by atoms with Gasteiger partial charge in [0.15, 0.2) is 5.69 Å². The number of hydroxylamine groups is 1. The number of carbonyl (C=O) groups excluding carboxylic acids is 1. The van der Waals surface area contributed by atoms with Gasteiger partial charge in [-0.25, -0.2) is 10.5 Å². The maximum Gasteiger partial charge on any atom is 0.295 e. The van der Waals surface area contributed by atoms with E-state index in [2.05, 4.69) is 15.3 Å². The van der Waals surface area contributed by atoms with Gasteiger partial charge in [0.2, 0.25) is 0 Å². The summed E-state index contributed by atoms with van der Waals surface area (Å²) < 4.78 is 0.326. The van der Waals surface area contributed by atoms with Gasteiger partial charge in [-0.05, 0) is 6.92 Å². The number of thiazole rings is 1. The molecule has 7 heteroatoms. The number of amides is 1. The first-order chi connectivity index (χ1) is 6.65. The Morgan fingerprint density at radius 1 is 1.79 bits per heavy atom. The fraction of sp³-hybridized carbons (Fsp3) is 0.429. The van der Waals surface area contributed by atoms with Crippen LogP contribution in [0.5, 0.6) is 0 Å². The molecule has 0 saturated carbocycles. The van der Waals surface area contributed by atoms with E-state index >= 15 is 0 Å². The minimum absolute atomic E-state index is 0.0342. The number of carbonyl (C=O) groups is 1. The first-order valence-electron chi connectivity index (χ1n) is 3.81. The van der Waals surface area contributed by atoms with E-state index < -0.39 is 5.91 Å². The highest BCUT2D eigenvalue weighted by atomic mass is 35.5. The Balaban J connectivity index is 2.56. The number of nitrogens with zero attached hydrogens (tertiary/aromatic N) is 1. The molecule has 1 amide bonds. The average Bonchev–Trinajstić information content (AvgIpc) is 2.45. The first kappa shape index (κ1) is 11.4. The monoisotopic (exact) mass is 236 g/mol. The van der Waals surface area contributed by atoms with Crippen LogP contribution in [0.2, 0.25) is 4.34 Å². The third kappa shape index (κ3) is 2.91. The molecule has 0 aliphatic heterocycles. The van der Waals surface area contributed by atoms with Crippen molar-refractivity contribution in [3.05, 3.63) is 15.0 Å². The topological polar surface area (TPSA) is 71.5 Å². The van der Waals surface area contributed by atoms with E-state index in [9.17, 15) is 4.79 Å². The van der Waals surface area contributed by atoms with Crippen LogP contribution < -0.4 is 5.48 Å². The third-order valence-electron chi connectivity index (χ3n) is 1.27. The number of hydrogen-bond acceptors (Lipinski definition) is 5. The van der Waals surface area contributed by atoms with E-state index in [0.29, 0.717) is 9.34 Å². The molecule has 78 valence electrons. The van der Waals surface area contributed by atoms with Gasteiger partial charge in [0.05, 0.1) is 18.2 Å². The summed E-state index contributed by atoms with van der Waals surface area (Å²) in [6.45, 7) is 1.62. The molecule has 0 aliphatic carbocycles. The summed E-state index contributed by atoms with van der Waals surface area (Å²) in [4.78, 5) is 19.8. The highest BCUT2D eigenvalue weighted by Gasteiger charge is 2.15. The zero-order valence-electron chi connectivity index (χ0n) is 7.41. The van der Waals surface area contributed by atoms with Crippen LogP contribution in [0.4, 0.5) is 0 Å². The van der Waals surface area contributed by atoms with Gasteiger partial charge < -0.3 is 5.11 Å². The largest absolute Gasteiger partial charge is 0.394 e. The normalized spacial score (nSPS) is 10.2. The zero-order valence-corrected chi connectivity index (χ0v) is 8.98. The van der Waals surface area contributed by atoms with Crippen LogP contribution in [0, 0.1) is 6.92 Å². The summed E-state index contributed by atoms with van der Waals surface area (Å²) >= 11 is 6.97. The molecule has 1 aromatic rings. The van der Waals surface area contributed by atoms with Crippen molar-refractivity contribution in [2.75, 3.05) is 13.2 Å². The fourth-order valence-corrected chi connectivity index (χ4v) is 1.85. The highest BCUT2D eigenvalue weighted by molar-refractivity contribution is 7.16. The van der Waals surface area contributed by atoms with Gasteiger partial charge in [0.1, 0.15) is 4.34 Å². The van der Waals surface area contributed by atoms with E-state index in [0.717, 1.165) is 0 Å². The molecule has 0 aromatic carbocycles. The molecule has 0 unspecified atom stereocenters. The lowest BCUT2D eigenvalue weighted by molar-refractivity contribution is 0.0165. The van der Waals surface area contributed by atoms with Crippen molar-refractivity contribution in [1.29, 1.82) is 0 Å². The van der Waals surface area contributed by atoms with Crippen molar-refractivity contribution in [3.8, 4) is 0 Å². The number of halogens is 1. The van der Waals surface area contributed by atoms with E-state index in [1.54, 1.807) is 6.92 Å². The lowest BCUT2D eigenvalue weighted by Crippen LogP contribution is -2.25. The van der Waals surface area contributed by atoms with Crippen LogP contribution in [0.3, 0.4) is 0 Å². The summed E-state index contributed by atoms with van der Waals surface area (Å²) in [7, 11) is 0. The minimum atomic E-state index is -0.507. The van der Waals surface area contributed by atoms with E-state index in [4.69, 9.17) is 16.7 Å². The van der Waals surface area contributed by atoms with Crippen LogP contribution in [0.15, 0.2) is 0 Å². The maximum atomic E-state index is 11.3. The van der Waals surface area contributed by atoms with Crippen LogP contribution in [-0.2, 0) is 4.84 Å². The Morgan fingerprint density at radius 3 is 3.00 bits per heavy atom. The summed E-state index contributed by atoms with van der Waals surface area (Å²) in [5.74, 6) is -0.507. The molecule has 0 bridgehead atoms. The lowest BCUT2D eigenvalue weighted by atomic mass is 10.5. The summed E-state index contributed by atoms with van der Waals surface area (Å²) in [5.41, 5.74) is 2.26. The van der Waals surface area contributed by atoms with Crippen LogP contribution in [0.25, 0.3) is 0 Å². The van der Waals surface area contributed by atoms with Gasteiger partial charge in [0, 0.05) is 0 Å². The molecule has 1 rings (SSSR count). The summed E-state index contributed by atoms with van der Waals surface area (Å²) in [5, 5.41) is 9.10. The number of aliphatic hydroxyl groups excluding tert-OH is 1. The Hall–Kier alpha value is -0.690. The molecule has 5 nitrogen and oxygen atoms in total. The number of nitrogens with one attached hydrogen (secondary N) is 1. The smallest absolute Gasteiger partial charge is 0.295 e. The number of aliphatic hydroxyl groups is 1. The Kier molecular flexibility index (Phi) is 4.27. The Morgan fingerprint density at radius 2 is 2.50 bits per heavy atom. The second kappa shape index (κ2) is 5.26. The third-order valence-corrected chi connectivity index (χ3v) is 2.44. The molecule has 0 fully saturated rings. The molecular weight excluding hydrogens is 228 g/mol. The predicted octanol–water partition coefficient (Wildman–Crippen LogP) is 0.759. The van der Waals surface area contributed by atoms with E-state index in [1.165, 1.54) is 11.3 Å². The second-order valence-corrected chi connectivity index (χ2v) is 4.16. The highest BCUT2D eigenvalue weighted by Crippen LogP contribution is 2.23. The fourth-order valence-electron chi connectivity index (χ4n) is 0.753. The molecule has 0 radical (unpaired) electrons. The van der Waals surface area contributed by atoms with Crippen LogP contribution in [0.1, 0.15) is 15.5 Å². The van der Waals surface area contributed by atoms with Crippen molar-refractivity contribution >= 4 is 28.8 Å². The SMILES string of the molecule is Cc1nc(C(=O)NOCCO)c(Cl)s1. The summed E-state index contributed by atoms with van der Waals surface area (Å²) in [6.07, 6.45) is 0. The molecule has 0 atom stereocenters. The van der Waals surface area contributed by atoms with Crippen molar-refractivity contribution in [2.24, 2.45) is 0 Å². The molecule has 0 aliphatic rings. The van der Waals surface area contributed by atoms with Gasteiger partial charge in [-0.3, -0.25) is 9.63 Å². The second-order valence-electron chi connectivity index (χ2n) is 2.36. The average molecular weight is 237 g/mol. The molecule has 0 spiro atoms. The molecule has 2 N–H and O–H groups in total. The standard InChI is InChI=1S/C7H9ClN2O3S/c1-4-9-5(6(8)14-4)7(12)10-13-3-2-11/h11H,2-3H2,1H3,(H,10,12). The van der Waals surface area contributed by atoms with Gasteiger partial charge in [0.25, 0.3) is 5.91 Å². The molecule has 1 aromatic heterocycles. The predicted molar refractivity (Wildman–Crippen MR) is 52.4 cm³/mol. The van der Waals surface area contributed by atoms with Gasteiger partial charge >= 0.3 is 0 Å². The van der Waals surface area contributed by atoms with Crippen molar-refractivity contribution < 1.29 is 14.7 Å². The van der Waals surface area contributed by atoms with Crippen LogP contribution in [-0.4, -0.2) is 29.2 Å². The van der Waals surface area contributed by atoms with Gasteiger partial charge in [-0.1, -0.05) is 11.6 Å². The van der Waals surface area contributed by atoms with Gasteiger partial charge in [-0.15, -0.1) is 11.3 Å². The minimum Gasteiger partial charge on any atom is -0.394 e. The quantitative estimate of drug-likeness (QED) is 0.598. The molecule has 14 heavy (non-hydrogen) atoms. The zero-order chi connectivity index (χ0) is 10.6. The first-order valence-corrected chi connectivity index (χ1v) is 5.00. The van der Waals surface area contributed by atoms with Crippen LogP contribution >= 0.6 is 22.9 Å². The number of aromatic nitrogens is 1.